The summed E-state index contributed by atoms with van der Waals surface area (Å²) in [5, 5.41) is 0. The monoisotopic (exact) mass is 250 g/mol. The van der Waals surface area contributed by atoms with Crippen LogP contribution in [0.1, 0.15) is 31.2 Å². The molecule has 0 bridgehead atoms. The highest BCUT2D eigenvalue weighted by atomic mass is 32.1. The van der Waals surface area contributed by atoms with E-state index >= 15 is 0 Å². The van der Waals surface area contributed by atoms with E-state index in [4.69, 9.17) is 0 Å². The van der Waals surface area contributed by atoms with E-state index < -0.39 is 0 Å². The summed E-state index contributed by atoms with van der Waals surface area (Å²) in [5.41, 5.74) is 2.44. The molecule has 2 rings (SSSR count). The molecule has 0 atom stereocenters. The van der Waals surface area contributed by atoms with E-state index in [9.17, 15) is 4.39 Å². The van der Waals surface area contributed by atoms with Gasteiger partial charge in [-0.3, -0.25) is 0 Å². The normalized spacial score (nSPS) is 9.71. The first-order valence-corrected chi connectivity index (χ1v) is 6.87. The topological polar surface area (TPSA) is 0 Å². The van der Waals surface area contributed by atoms with Gasteiger partial charge in [0.05, 0.1) is 0 Å². The van der Waals surface area contributed by atoms with Gasteiger partial charge in [-0.25, -0.2) is 4.39 Å². The Morgan fingerprint density at radius 3 is 2.18 bits per heavy atom. The molecule has 0 saturated carbocycles. The first kappa shape index (κ1) is 13.9. The summed E-state index contributed by atoms with van der Waals surface area (Å²) in [5.74, 6) is -0.178. The minimum absolute atomic E-state index is 0.178. The maximum atomic E-state index is 12.8. The highest BCUT2D eigenvalue weighted by Gasteiger charge is 2.05. The Bertz CT molecular complexity index is 454. The van der Waals surface area contributed by atoms with Crippen molar-refractivity contribution in [3.05, 3.63) is 46.6 Å². The van der Waals surface area contributed by atoms with Crippen LogP contribution in [0, 0.1) is 12.7 Å². The van der Waals surface area contributed by atoms with Gasteiger partial charge in [0.1, 0.15) is 5.82 Å². The molecule has 0 amide bonds. The second kappa shape index (κ2) is 6.55. The molecule has 0 fully saturated rings. The van der Waals surface area contributed by atoms with Crippen LogP contribution in [0.25, 0.3) is 10.4 Å². The Kier molecular flexibility index (Phi) is 5.36. The zero-order valence-corrected chi connectivity index (χ0v) is 11.7. The second-order valence-electron chi connectivity index (χ2n) is 3.58. The summed E-state index contributed by atoms with van der Waals surface area (Å²) < 4.78 is 12.8. The van der Waals surface area contributed by atoms with Crippen LogP contribution in [0.15, 0.2) is 30.3 Å². The molecule has 1 heterocycles. The summed E-state index contributed by atoms with van der Waals surface area (Å²) in [7, 11) is 0. The van der Waals surface area contributed by atoms with Crippen LogP contribution in [0.2, 0.25) is 0 Å². The molecule has 17 heavy (non-hydrogen) atoms. The lowest BCUT2D eigenvalue weighted by molar-refractivity contribution is 0.628. The van der Waals surface area contributed by atoms with E-state index in [0.717, 1.165) is 12.0 Å². The highest BCUT2D eigenvalue weighted by Crippen LogP contribution is 2.31. The predicted octanol–water partition coefficient (Wildman–Crippen LogP) is 5.45. The van der Waals surface area contributed by atoms with Crippen LogP contribution < -0.4 is 0 Å². The maximum Gasteiger partial charge on any atom is 0.123 e. The van der Waals surface area contributed by atoms with Crippen molar-refractivity contribution in [1.29, 1.82) is 0 Å². The van der Waals surface area contributed by atoms with Gasteiger partial charge in [0.2, 0.25) is 0 Å². The van der Waals surface area contributed by atoms with Gasteiger partial charge in [0.25, 0.3) is 0 Å². The van der Waals surface area contributed by atoms with Gasteiger partial charge in [-0.05, 0) is 42.7 Å². The first-order chi connectivity index (χ1) is 8.20. The number of hydrogen-bond donors (Lipinski definition) is 0. The van der Waals surface area contributed by atoms with Crippen molar-refractivity contribution in [2.75, 3.05) is 0 Å². The lowest BCUT2D eigenvalue weighted by Gasteiger charge is -1.95. The fraction of sp³-hybridized carbons (Fsp3) is 0.333. The summed E-state index contributed by atoms with van der Waals surface area (Å²) in [6, 6.07) is 8.86. The van der Waals surface area contributed by atoms with Crippen LogP contribution in [0.3, 0.4) is 0 Å². The number of thiophene rings is 1. The van der Waals surface area contributed by atoms with Crippen LogP contribution in [-0.4, -0.2) is 0 Å². The van der Waals surface area contributed by atoms with Crippen molar-refractivity contribution in [2.24, 2.45) is 0 Å². The molecule has 1 aromatic heterocycles. The summed E-state index contributed by atoms with van der Waals surface area (Å²) in [6.07, 6.45) is 1.07. The minimum Gasteiger partial charge on any atom is -0.207 e. The quantitative estimate of drug-likeness (QED) is 0.664. The number of aryl methyl sites for hydroxylation is 2. The molecule has 1 aromatic carbocycles. The van der Waals surface area contributed by atoms with Crippen LogP contribution in [0.4, 0.5) is 4.39 Å². The molecule has 0 radical (unpaired) electrons. The van der Waals surface area contributed by atoms with Gasteiger partial charge in [0, 0.05) is 9.75 Å². The number of halogens is 1. The number of hydrogen-bond acceptors (Lipinski definition) is 1. The Labute approximate surface area is 107 Å². The molecule has 0 N–H and O–H groups in total. The third-order valence-corrected chi connectivity index (χ3v) is 3.90. The third kappa shape index (κ3) is 3.40. The predicted molar refractivity (Wildman–Crippen MR) is 75.2 cm³/mol. The average Bonchev–Trinajstić information content (AvgIpc) is 2.74. The molecule has 0 aliphatic carbocycles. The first-order valence-electron chi connectivity index (χ1n) is 6.06. The second-order valence-corrected chi connectivity index (χ2v) is 4.71. The van der Waals surface area contributed by atoms with Gasteiger partial charge >= 0.3 is 0 Å². The lowest BCUT2D eigenvalue weighted by Crippen LogP contribution is -1.74. The maximum absolute atomic E-state index is 12.8. The van der Waals surface area contributed by atoms with Gasteiger partial charge in [0.15, 0.2) is 0 Å². The summed E-state index contributed by atoms with van der Waals surface area (Å²) >= 11 is 1.80. The fourth-order valence-corrected chi connectivity index (χ4v) is 2.75. The van der Waals surface area contributed by atoms with E-state index in [0.29, 0.717) is 0 Å². The molecule has 0 spiro atoms. The molecule has 92 valence electrons. The molecule has 0 nitrogen and oxygen atoms in total. The molecular weight excluding hydrogens is 231 g/mol. The van der Waals surface area contributed by atoms with Gasteiger partial charge in [-0.15, -0.1) is 11.3 Å². The summed E-state index contributed by atoms with van der Waals surface area (Å²) in [6.45, 7) is 8.29. The minimum atomic E-state index is -0.178. The van der Waals surface area contributed by atoms with Gasteiger partial charge < -0.3 is 0 Å². The average molecular weight is 250 g/mol. The third-order valence-electron chi connectivity index (χ3n) is 2.47. The van der Waals surface area contributed by atoms with Crippen molar-refractivity contribution >= 4 is 11.3 Å². The van der Waals surface area contributed by atoms with Crippen molar-refractivity contribution in [3.8, 4) is 10.4 Å². The molecule has 0 saturated heterocycles. The Hall–Kier alpha value is -1.15. The molecule has 0 aliphatic heterocycles. The largest absolute Gasteiger partial charge is 0.207 e. The highest BCUT2D eigenvalue weighted by molar-refractivity contribution is 7.15. The van der Waals surface area contributed by atoms with Gasteiger partial charge in [-0.1, -0.05) is 32.9 Å². The number of benzene rings is 1. The molecule has 2 aromatic rings. The van der Waals surface area contributed by atoms with Crippen molar-refractivity contribution in [3.63, 3.8) is 0 Å². The van der Waals surface area contributed by atoms with Crippen LogP contribution >= 0.6 is 11.3 Å². The Morgan fingerprint density at radius 2 is 1.71 bits per heavy atom. The molecule has 0 unspecified atom stereocenters. The zero-order valence-electron chi connectivity index (χ0n) is 10.9. The lowest BCUT2D eigenvalue weighted by atomic mass is 10.1. The van der Waals surface area contributed by atoms with Crippen molar-refractivity contribution < 1.29 is 4.39 Å². The Balaban J connectivity index is 0.000000686. The van der Waals surface area contributed by atoms with E-state index in [1.165, 1.54) is 27.5 Å². The summed E-state index contributed by atoms with van der Waals surface area (Å²) in [4.78, 5) is 2.64. The van der Waals surface area contributed by atoms with E-state index in [-0.39, 0.29) is 5.82 Å². The van der Waals surface area contributed by atoms with Crippen molar-refractivity contribution in [2.45, 2.75) is 34.1 Å². The van der Waals surface area contributed by atoms with Crippen LogP contribution in [0.5, 0.6) is 0 Å². The molecular formula is C15H19FS. The molecule has 0 aliphatic rings. The van der Waals surface area contributed by atoms with Crippen molar-refractivity contribution in [1.82, 2.24) is 0 Å². The standard InChI is InChI=1S/C13H13FS.C2H6/c1-3-12-9(2)8-13(15-12)10-4-6-11(14)7-5-10;1-2/h4-8H,3H2,1-2H3;1-2H3. The smallest absolute Gasteiger partial charge is 0.123 e. The Morgan fingerprint density at radius 1 is 1.12 bits per heavy atom. The van der Waals surface area contributed by atoms with Gasteiger partial charge in [-0.2, -0.15) is 0 Å². The zero-order chi connectivity index (χ0) is 12.8. The number of rotatable bonds is 2. The molecule has 2 heteroatoms. The van der Waals surface area contributed by atoms with E-state index in [1.807, 2.05) is 26.0 Å². The van der Waals surface area contributed by atoms with Crippen LogP contribution in [-0.2, 0) is 6.42 Å². The van der Waals surface area contributed by atoms with E-state index in [2.05, 4.69) is 19.9 Å². The fourth-order valence-electron chi connectivity index (χ4n) is 1.63. The SMILES string of the molecule is CC.CCc1sc(-c2ccc(F)cc2)cc1C. The van der Waals surface area contributed by atoms with E-state index in [1.54, 1.807) is 11.3 Å².